The standard InChI is InChI=1S/C14H18N2O2/c1-9(2)15-8-16(10(3)4)13-7-11(14(17)18)5-6-12(13)15/h5-7,9-10H,1-4H3,(H,17,18). The van der Waals surface area contributed by atoms with Gasteiger partial charge in [0.1, 0.15) is 0 Å². The number of hydrogen-bond acceptors (Lipinski definition) is 3. The maximum Gasteiger partial charge on any atom is 0.335 e. The Labute approximate surface area is 108 Å². The molecule has 0 atom stereocenters. The average Bonchev–Trinajstić information content (AvgIpc) is 2.67. The van der Waals surface area contributed by atoms with Crippen molar-refractivity contribution in [1.82, 2.24) is 0 Å². The van der Waals surface area contributed by atoms with Crippen molar-refractivity contribution in [2.45, 2.75) is 39.8 Å². The van der Waals surface area contributed by atoms with Gasteiger partial charge in [0.25, 0.3) is 0 Å². The van der Waals surface area contributed by atoms with Gasteiger partial charge in [-0.15, -0.1) is 0 Å². The number of anilines is 2. The predicted octanol–water partition coefficient (Wildman–Crippen LogP) is 2.82. The van der Waals surface area contributed by atoms with E-state index in [0.717, 1.165) is 11.4 Å². The van der Waals surface area contributed by atoms with Crippen LogP contribution in [0.3, 0.4) is 0 Å². The molecular formula is C14H18N2O2. The minimum atomic E-state index is -0.899. The van der Waals surface area contributed by atoms with Gasteiger partial charge in [0, 0.05) is 12.1 Å². The molecule has 0 unspecified atom stereocenters. The summed E-state index contributed by atoms with van der Waals surface area (Å²) in [4.78, 5) is 15.1. The number of carboxylic acids is 1. The summed E-state index contributed by atoms with van der Waals surface area (Å²) in [6.07, 6.45) is 0. The van der Waals surface area contributed by atoms with Crippen LogP contribution < -0.4 is 9.80 Å². The van der Waals surface area contributed by atoms with Crippen LogP contribution in [0.25, 0.3) is 0 Å². The Kier molecular flexibility index (Phi) is 3.20. The van der Waals surface area contributed by atoms with Crippen molar-refractivity contribution in [3.05, 3.63) is 30.4 Å². The molecule has 4 heteroatoms. The summed E-state index contributed by atoms with van der Waals surface area (Å²) in [5.74, 6) is -0.899. The number of carboxylic acid groups (broad SMARTS) is 1. The second kappa shape index (κ2) is 4.52. The summed E-state index contributed by atoms with van der Waals surface area (Å²) >= 11 is 0. The molecule has 1 N–H and O–H groups in total. The van der Waals surface area contributed by atoms with E-state index in [1.165, 1.54) is 0 Å². The van der Waals surface area contributed by atoms with E-state index in [2.05, 4.69) is 34.4 Å². The second-order valence-corrected chi connectivity index (χ2v) is 5.04. The highest BCUT2D eigenvalue weighted by atomic mass is 16.4. The monoisotopic (exact) mass is 246 g/mol. The first-order valence-corrected chi connectivity index (χ1v) is 6.14. The third-order valence-electron chi connectivity index (χ3n) is 2.99. The van der Waals surface area contributed by atoms with Gasteiger partial charge in [0.2, 0.25) is 6.67 Å². The summed E-state index contributed by atoms with van der Waals surface area (Å²) < 4.78 is 0. The highest BCUT2D eigenvalue weighted by Gasteiger charge is 2.31. The number of fused-ring (bicyclic) bond motifs is 1. The zero-order valence-electron chi connectivity index (χ0n) is 11.1. The molecule has 0 aliphatic carbocycles. The molecule has 0 spiro atoms. The van der Waals surface area contributed by atoms with Gasteiger partial charge < -0.3 is 14.9 Å². The van der Waals surface area contributed by atoms with E-state index in [4.69, 9.17) is 5.11 Å². The van der Waals surface area contributed by atoms with E-state index in [1.807, 2.05) is 15.9 Å². The maximum atomic E-state index is 11.0. The summed E-state index contributed by atoms with van der Waals surface area (Å²) in [6.45, 7) is 11.6. The van der Waals surface area contributed by atoms with Crippen molar-refractivity contribution < 1.29 is 9.90 Å². The highest BCUT2D eigenvalue weighted by Crippen LogP contribution is 2.40. The van der Waals surface area contributed by atoms with E-state index in [-0.39, 0.29) is 6.04 Å². The summed E-state index contributed by atoms with van der Waals surface area (Å²) in [7, 11) is 0. The Morgan fingerprint density at radius 1 is 1.11 bits per heavy atom. The molecule has 2 radical (unpaired) electrons. The molecule has 0 saturated carbocycles. The Hall–Kier alpha value is -1.71. The number of rotatable bonds is 3. The molecule has 0 fully saturated rings. The third-order valence-corrected chi connectivity index (χ3v) is 2.99. The van der Waals surface area contributed by atoms with Crippen LogP contribution >= 0.6 is 0 Å². The molecule has 0 bridgehead atoms. The fourth-order valence-corrected chi connectivity index (χ4v) is 2.06. The molecule has 1 aliphatic heterocycles. The van der Waals surface area contributed by atoms with Crippen LogP contribution in [0.2, 0.25) is 0 Å². The fraction of sp³-hybridized carbons (Fsp3) is 0.429. The zero-order chi connectivity index (χ0) is 13.4. The van der Waals surface area contributed by atoms with Gasteiger partial charge in [-0.3, -0.25) is 0 Å². The van der Waals surface area contributed by atoms with Crippen molar-refractivity contribution in [2.75, 3.05) is 9.80 Å². The predicted molar refractivity (Wildman–Crippen MR) is 71.9 cm³/mol. The fourth-order valence-electron chi connectivity index (χ4n) is 2.06. The first kappa shape index (κ1) is 12.7. The molecule has 1 aliphatic rings. The van der Waals surface area contributed by atoms with Crippen molar-refractivity contribution in [2.24, 2.45) is 0 Å². The van der Waals surface area contributed by atoms with Crippen molar-refractivity contribution in [3.63, 3.8) is 0 Å². The molecule has 0 aromatic heterocycles. The molecule has 1 aromatic carbocycles. The lowest BCUT2D eigenvalue weighted by Gasteiger charge is -2.24. The lowest BCUT2D eigenvalue weighted by Crippen LogP contribution is -2.33. The zero-order valence-corrected chi connectivity index (χ0v) is 11.1. The first-order valence-electron chi connectivity index (χ1n) is 6.14. The van der Waals surface area contributed by atoms with Crippen LogP contribution in [0.5, 0.6) is 0 Å². The SMILES string of the molecule is CC(C)N1[C]N(C(C)C)c2cc(C(=O)O)ccc21. The molecule has 96 valence electrons. The van der Waals surface area contributed by atoms with E-state index < -0.39 is 5.97 Å². The van der Waals surface area contributed by atoms with Gasteiger partial charge in [0.15, 0.2) is 0 Å². The van der Waals surface area contributed by atoms with Crippen LogP contribution in [0.15, 0.2) is 18.2 Å². The number of hydrogen-bond donors (Lipinski definition) is 1. The minimum Gasteiger partial charge on any atom is -0.478 e. The normalized spacial score (nSPS) is 14.6. The van der Waals surface area contributed by atoms with Gasteiger partial charge >= 0.3 is 5.97 Å². The van der Waals surface area contributed by atoms with Crippen LogP contribution in [-0.4, -0.2) is 23.2 Å². The molecular weight excluding hydrogens is 228 g/mol. The molecule has 0 saturated heterocycles. The number of nitrogens with zero attached hydrogens (tertiary/aromatic N) is 2. The highest BCUT2D eigenvalue weighted by molar-refractivity contribution is 5.92. The number of benzene rings is 1. The molecule has 0 amide bonds. The Morgan fingerprint density at radius 3 is 2.17 bits per heavy atom. The van der Waals surface area contributed by atoms with Gasteiger partial charge in [0.05, 0.1) is 16.9 Å². The van der Waals surface area contributed by atoms with E-state index in [0.29, 0.717) is 11.6 Å². The lowest BCUT2D eigenvalue weighted by atomic mass is 10.1. The summed E-state index contributed by atoms with van der Waals surface area (Å²) in [6, 6.07) is 5.75. The third kappa shape index (κ3) is 2.03. The summed E-state index contributed by atoms with van der Waals surface area (Å²) in [5, 5.41) is 9.06. The molecule has 2 rings (SSSR count). The van der Waals surface area contributed by atoms with Gasteiger partial charge in [-0.25, -0.2) is 4.79 Å². The van der Waals surface area contributed by atoms with Gasteiger partial charge in [-0.2, -0.15) is 0 Å². The van der Waals surface area contributed by atoms with E-state index in [1.54, 1.807) is 12.1 Å². The Balaban J connectivity index is 2.48. The van der Waals surface area contributed by atoms with Gasteiger partial charge in [-0.05, 0) is 45.9 Å². The second-order valence-electron chi connectivity index (χ2n) is 5.04. The Bertz CT molecular complexity index is 469. The molecule has 18 heavy (non-hydrogen) atoms. The van der Waals surface area contributed by atoms with Crippen LogP contribution in [0.4, 0.5) is 11.4 Å². The van der Waals surface area contributed by atoms with E-state index >= 15 is 0 Å². The van der Waals surface area contributed by atoms with Crippen molar-refractivity contribution in [1.29, 1.82) is 0 Å². The van der Waals surface area contributed by atoms with Crippen LogP contribution in [0, 0.1) is 6.67 Å². The quantitative estimate of drug-likeness (QED) is 0.890. The average molecular weight is 246 g/mol. The van der Waals surface area contributed by atoms with Crippen LogP contribution in [0.1, 0.15) is 38.1 Å². The van der Waals surface area contributed by atoms with Gasteiger partial charge in [-0.1, -0.05) is 0 Å². The number of carbonyl (C=O) groups is 1. The van der Waals surface area contributed by atoms with E-state index in [9.17, 15) is 4.79 Å². The summed E-state index contributed by atoms with van der Waals surface area (Å²) in [5.41, 5.74) is 2.24. The van der Waals surface area contributed by atoms with Crippen LogP contribution in [-0.2, 0) is 0 Å². The topological polar surface area (TPSA) is 43.8 Å². The Morgan fingerprint density at radius 2 is 1.67 bits per heavy atom. The smallest absolute Gasteiger partial charge is 0.335 e. The maximum absolute atomic E-state index is 11.0. The molecule has 1 heterocycles. The first-order chi connectivity index (χ1) is 8.41. The minimum absolute atomic E-state index is 0.247. The largest absolute Gasteiger partial charge is 0.478 e. The number of aromatic carboxylic acids is 1. The molecule has 1 aromatic rings. The van der Waals surface area contributed by atoms with Crippen molar-refractivity contribution in [3.8, 4) is 0 Å². The lowest BCUT2D eigenvalue weighted by molar-refractivity contribution is 0.0697. The van der Waals surface area contributed by atoms with Crippen molar-refractivity contribution >= 4 is 17.3 Å². The molecule has 4 nitrogen and oxygen atoms in total.